The quantitative estimate of drug-likeness (QED) is 0.0313. The molecular weight excluding hydrogens is 1910 g/mol. The second-order valence-corrected chi connectivity index (χ2v) is 49.2. The van der Waals surface area contributed by atoms with E-state index in [1.165, 1.54) is 71.9 Å². The molecule has 1 saturated carbocycles. The number of carbonyl (C=O) groups excluding carboxylic acids is 4. The molecule has 0 radical (unpaired) electrons. The lowest BCUT2D eigenvalue weighted by molar-refractivity contribution is 0.0972. The molecule has 4 saturated heterocycles. The van der Waals surface area contributed by atoms with Gasteiger partial charge in [-0.15, -0.1) is 0 Å². The van der Waals surface area contributed by atoms with Crippen LogP contribution in [-0.2, 0) is 53.2 Å². The maximum atomic E-state index is 14.5. The van der Waals surface area contributed by atoms with Gasteiger partial charge in [-0.1, -0.05) is 113 Å². The van der Waals surface area contributed by atoms with Crippen molar-refractivity contribution in [3.05, 3.63) is 266 Å². The van der Waals surface area contributed by atoms with Gasteiger partial charge in [-0.2, -0.15) is 8.42 Å². The highest BCUT2D eigenvalue weighted by molar-refractivity contribution is 7.91. The number of pyridine rings is 6. The Morgan fingerprint density at radius 3 is 1.43 bits per heavy atom. The molecule has 17 rings (SSSR count). The number of benzene rings is 5. The van der Waals surface area contributed by atoms with E-state index in [9.17, 15) is 67.1 Å². The highest BCUT2D eigenvalue weighted by Gasteiger charge is 2.46. The second kappa shape index (κ2) is 42.3. The van der Waals surface area contributed by atoms with E-state index in [4.69, 9.17) is 25.4 Å². The molecule has 5 fully saturated rings. The summed E-state index contributed by atoms with van der Waals surface area (Å²) in [6.07, 6.45) is 8.10. The third-order valence-corrected chi connectivity index (χ3v) is 33.0. The monoisotopic (exact) mass is 2040 g/mol. The molecule has 0 spiro atoms. The number of nitrogens with zero attached hydrogens (tertiary/aromatic N) is 10. The van der Waals surface area contributed by atoms with Crippen molar-refractivity contribution >= 4 is 92.8 Å². The largest absolute Gasteiger partial charge is 0.507 e. The molecule has 8 N–H and O–H groups in total. The number of hydrogen-bond donors (Lipinski definition) is 7. The second-order valence-electron chi connectivity index (χ2n) is 42.3. The molecule has 11 aromatic rings. The Bertz CT molecular complexity index is 7260. The molecule has 6 aliphatic rings. The van der Waals surface area contributed by atoms with Crippen molar-refractivity contribution in [3.63, 3.8) is 0 Å². The van der Waals surface area contributed by atoms with Crippen LogP contribution in [0.2, 0.25) is 0 Å². The first-order valence-electron chi connectivity index (χ1n) is 48.5. The molecular formula is C108H131FN16O15S4. The summed E-state index contributed by atoms with van der Waals surface area (Å²) in [6, 6.07) is 48.7. The number of carbonyl (C=O) groups is 4. The zero-order chi connectivity index (χ0) is 105. The molecule has 11 heterocycles. The van der Waals surface area contributed by atoms with Gasteiger partial charge in [-0.05, 0) is 302 Å². The zero-order valence-electron chi connectivity index (χ0n) is 85.1. The van der Waals surface area contributed by atoms with Crippen LogP contribution in [0.15, 0.2) is 208 Å². The summed E-state index contributed by atoms with van der Waals surface area (Å²) in [5, 5.41) is 9.21. The van der Waals surface area contributed by atoms with Crippen molar-refractivity contribution in [2.24, 2.45) is 35.3 Å². The zero-order valence-corrected chi connectivity index (χ0v) is 88.3. The Morgan fingerprint density at radius 2 is 0.944 bits per heavy atom. The fourth-order valence-electron chi connectivity index (χ4n) is 20.8. The maximum Gasteiger partial charge on any atom is 0.281 e. The van der Waals surface area contributed by atoms with Gasteiger partial charge < -0.3 is 45.1 Å². The molecule has 2 unspecified atom stereocenters. The lowest BCUT2D eigenvalue weighted by Gasteiger charge is -2.34. The highest BCUT2D eigenvalue weighted by Crippen LogP contribution is 2.45. The first-order valence-corrected chi connectivity index (χ1v) is 54.5. The summed E-state index contributed by atoms with van der Waals surface area (Å²) >= 11 is 0. The third-order valence-electron chi connectivity index (χ3n) is 27.2. The average Bonchev–Trinajstić information content (AvgIpc) is 1.65. The van der Waals surface area contributed by atoms with E-state index in [1.54, 1.807) is 66.9 Å². The number of aromatic amines is 1. The van der Waals surface area contributed by atoms with E-state index in [0.717, 1.165) is 89.5 Å². The number of amides is 4. The molecule has 764 valence electrons. The van der Waals surface area contributed by atoms with Gasteiger partial charge in [0.05, 0.1) is 51.2 Å². The van der Waals surface area contributed by atoms with E-state index in [-0.39, 0.29) is 61.4 Å². The number of nitrogens with two attached hydrogens (primary N) is 1. The number of nitrogens with one attached hydrogen (secondary N) is 5. The number of ether oxygens (including phenoxy) is 1. The molecule has 0 bridgehead atoms. The molecule has 31 nitrogen and oxygen atoms in total. The van der Waals surface area contributed by atoms with Crippen LogP contribution in [0.25, 0.3) is 33.8 Å². The third kappa shape index (κ3) is 24.4. The van der Waals surface area contributed by atoms with Crippen molar-refractivity contribution in [2.75, 3.05) is 57.3 Å². The number of phenols is 1. The molecule has 36 heteroatoms. The summed E-state index contributed by atoms with van der Waals surface area (Å²) in [6.45, 7) is 44.0. The lowest BCUT2D eigenvalue weighted by Crippen LogP contribution is -2.42. The smallest absolute Gasteiger partial charge is 0.281 e. The van der Waals surface area contributed by atoms with Gasteiger partial charge >= 0.3 is 0 Å². The Labute approximate surface area is 844 Å². The Balaban J connectivity index is 0.000000152. The number of fused-ring (bicyclic) bond motifs is 1. The van der Waals surface area contributed by atoms with Crippen molar-refractivity contribution in [1.82, 2.24) is 48.8 Å². The molecule has 1 aliphatic carbocycles. The topological polar surface area (TPSA) is 422 Å². The van der Waals surface area contributed by atoms with Gasteiger partial charge in [0.25, 0.3) is 59.3 Å². The molecule has 6 aromatic heterocycles. The number of para-hydroxylation sites is 1. The summed E-state index contributed by atoms with van der Waals surface area (Å²) in [7, 11) is -16.8. The predicted octanol–water partition coefficient (Wildman–Crippen LogP) is 17.1. The minimum atomic E-state index is -4.39. The van der Waals surface area contributed by atoms with Gasteiger partial charge in [-0.3, -0.25) is 24.0 Å². The molecule has 4 amide bonds. The Hall–Kier alpha value is -13.0. The highest BCUT2D eigenvalue weighted by atomic mass is 32.2. The number of aromatic nitrogens is 6. The van der Waals surface area contributed by atoms with Gasteiger partial charge in [-0.25, -0.2) is 73.5 Å². The number of aromatic hydroxyl groups is 1. The number of rotatable bonds is 23. The minimum Gasteiger partial charge on any atom is -0.507 e. The normalized spacial score (nSPS) is 19.3. The number of sulfonamides is 4. The molecule has 144 heavy (non-hydrogen) atoms. The standard InChI is InChI=1S/C29H34FN3O5S.C27H32N4O4S.C26H29N5O3S.C26H36N4O3S/c1-18(2)17-38-22-13-20(12-21(30)14-22)24-11-10-23(27(31-24)33-16-19(3)15-29(33,4)5)28(35)32-39(36,37)26-9-7-6-8-25(26)34;1-16-12-18(3)19(4)21(13-16)22-10-9-20(24(29-22)31-15-17(2)14-27(31,5)6)25(32)30-36(34,35)23-8-7-11-28-26(23)33;1-18-14-26(2,3)31(15-18)24-21(10-7-13-27-24)25(32)29-35(33,34)23-12-6-11-22(28-23)30-16-19-8-4-5-9-20(19)17-30;1-16-10-17(2)12-19(11-16)23-9-8-22(24(28-23)30-15-18(3)14-26(30,4)5)25(31)29-34(32,33)21-7-6-20(27)13-21/h6-14,18-19,34H,15-17H2,1-5H3,(H,32,35);7-13,17H,14-15H2,1-6H3,(H,28,33)(H,30,32);4-13,18H,14-17H2,1-3H3,(H,29,32);8-12,18,20-21H,6-7,13-15,27H2,1-5H3,(H,29,31)/t19-;17-;;18-,20-,21?/m00.0/s1. The van der Waals surface area contributed by atoms with Crippen LogP contribution in [0.5, 0.6) is 11.5 Å². The van der Waals surface area contributed by atoms with Gasteiger partial charge in [0.2, 0.25) is 10.0 Å². The van der Waals surface area contributed by atoms with Gasteiger partial charge in [0.15, 0.2) is 9.92 Å². The van der Waals surface area contributed by atoms with Crippen molar-refractivity contribution < 1.29 is 67.1 Å². The maximum absolute atomic E-state index is 14.5. The number of anilines is 5. The summed E-state index contributed by atoms with van der Waals surface area (Å²) in [5.41, 5.74) is 17.0. The molecule has 5 aromatic carbocycles. The first kappa shape index (κ1) is 107. The van der Waals surface area contributed by atoms with E-state index in [0.29, 0.717) is 128 Å². The van der Waals surface area contributed by atoms with Crippen LogP contribution in [0.4, 0.5) is 33.5 Å². The Morgan fingerprint density at radius 1 is 0.493 bits per heavy atom. The Kier molecular flexibility index (Phi) is 31.4. The van der Waals surface area contributed by atoms with Crippen molar-refractivity contribution in [1.29, 1.82) is 0 Å². The number of aryl methyl sites for hydroxylation is 4. The molecule has 5 aliphatic heterocycles. The van der Waals surface area contributed by atoms with Crippen LogP contribution in [0.1, 0.15) is 222 Å². The molecule has 6 atom stereocenters. The van der Waals surface area contributed by atoms with Crippen molar-refractivity contribution in [3.8, 4) is 45.3 Å². The van der Waals surface area contributed by atoms with Crippen LogP contribution < -0.4 is 59.4 Å². The fraction of sp³-hybridized carbons (Fsp3) is 0.407. The number of hydrogen-bond acceptors (Lipinski definition) is 26. The van der Waals surface area contributed by atoms with E-state index in [1.807, 2.05) is 77.3 Å². The number of phenolic OH excluding ortho intramolecular Hbond substituents is 1. The average molecular weight is 2040 g/mol. The minimum absolute atomic E-state index is 0.0487. The van der Waals surface area contributed by atoms with Crippen LogP contribution in [0, 0.1) is 70.0 Å². The van der Waals surface area contributed by atoms with Crippen LogP contribution >= 0.6 is 0 Å². The predicted molar refractivity (Wildman–Crippen MR) is 560 cm³/mol. The lowest BCUT2D eigenvalue weighted by atomic mass is 9.96. The summed E-state index contributed by atoms with van der Waals surface area (Å²) in [4.78, 5) is 101. The first-order chi connectivity index (χ1) is 67.6. The number of H-pyrrole nitrogens is 1. The van der Waals surface area contributed by atoms with Crippen LogP contribution in [-0.4, -0.2) is 159 Å². The SMILES string of the molecule is CC(C)COc1cc(F)cc(-c2ccc(C(=O)NS(=O)(=O)c3ccccc3O)c(N3C[C@@H](C)CC3(C)C)n2)c1.CC1CN(c2ncccc2C(=O)NS(=O)(=O)c2cccc(N3Cc4ccccc4C3)n2)C(C)(C)C1.Cc1cc(C)c(C)c(-c2ccc(C(=O)NS(=O)(=O)c3ccc[nH]c3=O)c(N3C[C@@H](C)CC3(C)C)n2)c1.Cc1cc(C)cc(-c2ccc(C(=O)NS(=O)(=O)C3CC[C@H](N)C3)c(N3C[C@@H](C)CC3(C)C)n2)c1. The van der Waals surface area contributed by atoms with Gasteiger partial charge in [0, 0.05) is 103 Å². The van der Waals surface area contributed by atoms with Gasteiger partial charge in [0.1, 0.15) is 51.3 Å². The van der Waals surface area contributed by atoms with E-state index < -0.39 is 95.9 Å². The number of halogens is 1. The summed E-state index contributed by atoms with van der Waals surface area (Å²) in [5.74, 6) is 0.430. The van der Waals surface area contributed by atoms with E-state index in [2.05, 4.69) is 167 Å². The fourth-order valence-corrected chi connectivity index (χ4v) is 25.3. The van der Waals surface area contributed by atoms with Crippen LogP contribution in [0.3, 0.4) is 0 Å². The summed E-state index contributed by atoms with van der Waals surface area (Å²) < 4.78 is 133. The van der Waals surface area contributed by atoms with E-state index >= 15 is 0 Å². The van der Waals surface area contributed by atoms with Crippen molar-refractivity contribution in [2.45, 2.75) is 238 Å².